The van der Waals surface area contributed by atoms with E-state index in [1.165, 1.54) is 11.0 Å². The smallest absolute Gasteiger partial charge is 0.411 e. The van der Waals surface area contributed by atoms with E-state index in [1.807, 2.05) is 12.1 Å². The standard InChI is InChI=1S/C29H27ClN8O4/c1-29(2,42)15-36(28(40)41)20-6-3-17(4-7-20)23-14-31-27(33-23)25-10-8-21-11-18(12-26(39)38(21)25)22-13-19(30)5-9-24(22)37-16-32-34-35-37/h3-7,9,11-14,16,25,42H,8,10,15H2,1-2H3,(H,31,33)(H,40,41)/t25-/m0/s1. The van der Waals surface area contributed by atoms with Crippen molar-refractivity contribution in [1.82, 2.24) is 34.7 Å². The van der Waals surface area contributed by atoms with Gasteiger partial charge in [-0.1, -0.05) is 23.7 Å². The summed E-state index contributed by atoms with van der Waals surface area (Å²) in [6, 6.07) is 15.6. The van der Waals surface area contributed by atoms with Gasteiger partial charge in [0.25, 0.3) is 5.56 Å². The number of fused-ring (bicyclic) bond motifs is 1. The van der Waals surface area contributed by atoms with E-state index in [0.717, 1.165) is 33.0 Å². The van der Waals surface area contributed by atoms with Crippen molar-refractivity contribution in [3.8, 4) is 28.1 Å². The number of carbonyl (C=O) groups is 1. The molecule has 5 aromatic rings. The van der Waals surface area contributed by atoms with Crippen molar-refractivity contribution in [1.29, 1.82) is 0 Å². The number of nitrogens with zero attached hydrogens (tertiary/aromatic N) is 7. The molecule has 1 aliphatic rings. The Bertz CT molecular complexity index is 1820. The monoisotopic (exact) mass is 586 g/mol. The van der Waals surface area contributed by atoms with Crippen LogP contribution in [0.5, 0.6) is 0 Å². The fourth-order valence-corrected chi connectivity index (χ4v) is 5.52. The maximum absolute atomic E-state index is 13.5. The van der Waals surface area contributed by atoms with Crippen LogP contribution in [-0.4, -0.2) is 63.2 Å². The van der Waals surface area contributed by atoms with Gasteiger partial charge in [0.2, 0.25) is 0 Å². The molecule has 4 heterocycles. The molecule has 214 valence electrons. The molecule has 0 saturated heterocycles. The van der Waals surface area contributed by atoms with Gasteiger partial charge < -0.3 is 19.8 Å². The number of carboxylic acid groups (broad SMARTS) is 1. The van der Waals surface area contributed by atoms with Gasteiger partial charge in [-0.3, -0.25) is 9.69 Å². The number of pyridine rings is 1. The Balaban J connectivity index is 1.28. The normalized spacial score (nSPS) is 14.6. The summed E-state index contributed by atoms with van der Waals surface area (Å²) in [4.78, 5) is 34.3. The fraction of sp³-hybridized carbons (Fsp3) is 0.241. The largest absolute Gasteiger partial charge is 0.465 e. The number of hydrogen-bond donors (Lipinski definition) is 3. The van der Waals surface area contributed by atoms with Gasteiger partial charge in [0.1, 0.15) is 12.2 Å². The van der Waals surface area contributed by atoms with Crippen LogP contribution in [0.15, 0.2) is 71.9 Å². The molecule has 12 nitrogen and oxygen atoms in total. The number of aromatic amines is 1. The third-order valence-corrected chi connectivity index (χ3v) is 7.41. The van der Waals surface area contributed by atoms with Gasteiger partial charge in [-0.05, 0) is 84.6 Å². The minimum atomic E-state index is -1.18. The summed E-state index contributed by atoms with van der Waals surface area (Å²) < 4.78 is 3.29. The van der Waals surface area contributed by atoms with E-state index >= 15 is 0 Å². The van der Waals surface area contributed by atoms with E-state index in [-0.39, 0.29) is 18.1 Å². The van der Waals surface area contributed by atoms with Crippen molar-refractivity contribution in [2.24, 2.45) is 0 Å². The Hall–Kier alpha value is -4.81. The topological polar surface area (TPSA) is 155 Å². The zero-order valence-electron chi connectivity index (χ0n) is 22.8. The number of aliphatic hydroxyl groups is 1. The van der Waals surface area contributed by atoms with Crippen molar-refractivity contribution >= 4 is 23.4 Å². The van der Waals surface area contributed by atoms with E-state index in [9.17, 15) is 19.8 Å². The number of anilines is 1. The Morgan fingerprint density at radius 3 is 2.62 bits per heavy atom. The SMILES string of the molecule is CC(C)(O)CN(C(=O)O)c1ccc(-c2cnc([C@@H]3CCc4cc(-c5cc(Cl)ccc5-n5cnnn5)cc(=O)n43)[nH]2)cc1. The Morgan fingerprint density at radius 2 is 1.93 bits per heavy atom. The molecule has 1 atom stereocenters. The van der Waals surface area contributed by atoms with Gasteiger partial charge in [-0.15, -0.1) is 5.10 Å². The second kappa shape index (κ2) is 10.5. The van der Waals surface area contributed by atoms with E-state index in [0.29, 0.717) is 35.1 Å². The minimum Gasteiger partial charge on any atom is -0.465 e. The molecule has 3 aromatic heterocycles. The molecule has 0 aliphatic carbocycles. The summed E-state index contributed by atoms with van der Waals surface area (Å²) in [5.41, 5.74) is 3.71. The van der Waals surface area contributed by atoms with Crippen molar-refractivity contribution in [3.05, 3.63) is 94.0 Å². The Kier molecular flexibility index (Phi) is 6.87. The number of aryl methyl sites for hydroxylation is 1. The number of amides is 1. The summed E-state index contributed by atoms with van der Waals surface area (Å²) >= 11 is 6.31. The van der Waals surface area contributed by atoms with Gasteiger partial charge in [0.05, 0.1) is 35.8 Å². The molecule has 1 aliphatic heterocycles. The first kappa shape index (κ1) is 27.4. The molecule has 0 spiro atoms. The molecule has 13 heteroatoms. The number of hydrogen-bond acceptors (Lipinski definition) is 7. The number of benzene rings is 2. The zero-order valence-corrected chi connectivity index (χ0v) is 23.5. The van der Waals surface area contributed by atoms with Gasteiger partial charge in [0, 0.05) is 28.0 Å². The number of imidazole rings is 1. The van der Waals surface area contributed by atoms with Crippen LogP contribution < -0.4 is 10.5 Å². The van der Waals surface area contributed by atoms with Crippen LogP contribution in [0.2, 0.25) is 5.02 Å². The fourth-order valence-electron chi connectivity index (χ4n) is 5.35. The van der Waals surface area contributed by atoms with Gasteiger partial charge in [-0.25, -0.2) is 9.78 Å². The predicted molar refractivity (Wildman–Crippen MR) is 156 cm³/mol. The first-order valence-corrected chi connectivity index (χ1v) is 13.6. The summed E-state index contributed by atoms with van der Waals surface area (Å²) in [6.07, 6.45) is 3.43. The Morgan fingerprint density at radius 1 is 1.14 bits per heavy atom. The first-order chi connectivity index (χ1) is 20.1. The maximum atomic E-state index is 13.5. The lowest BCUT2D eigenvalue weighted by molar-refractivity contribution is 0.0860. The van der Waals surface area contributed by atoms with E-state index in [1.54, 1.807) is 67.1 Å². The third-order valence-electron chi connectivity index (χ3n) is 7.18. The molecule has 42 heavy (non-hydrogen) atoms. The van der Waals surface area contributed by atoms with Crippen LogP contribution in [-0.2, 0) is 6.42 Å². The minimum absolute atomic E-state index is 0.0658. The lowest BCUT2D eigenvalue weighted by Gasteiger charge is -2.26. The Labute approximate surface area is 244 Å². The number of rotatable bonds is 7. The van der Waals surface area contributed by atoms with Gasteiger partial charge in [-0.2, -0.15) is 4.68 Å². The predicted octanol–water partition coefficient (Wildman–Crippen LogP) is 4.33. The van der Waals surface area contributed by atoms with E-state index < -0.39 is 11.7 Å². The van der Waals surface area contributed by atoms with Crippen molar-refractivity contribution < 1.29 is 15.0 Å². The lowest BCUT2D eigenvalue weighted by atomic mass is 10.0. The average Bonchev–Trinajstić information content (AvgIpc) is 3.72. The highest BCUT2D eigenvalue weighted by Crippen LogP contribution is 2.34. The molecule has 0 saturated carbocycles. The number of aromatic nitrogens is 7. The van der Waals surface area contributed by atoms with Crippen LogP contribution in [0.1, 0.15) is 37.8 Å². The summed E-state index contributed by atoms with van der Waals surface area (Å²) in [7, 11) is 0. The van der Waals surface area contributed by atoms with Crippen LogP contribution in [0.4, 0.5) is 10.5 Å². The number of H-pyrrole nitrogens is 1. The number of nitrogens with one attached hydrogen (secondary N) is 1. The molecular formula is C29H27ClN8O4. The number of halogens is 1. The van der Waals surface area contributed by atoms with Gasteiger partial charge >= 0.3 is 6.09 Å². The summed E-state index contributed by atoms with van der Waals surface area (Å²) in [6.45, 7) is 3.05. The second-order valence-electron chi connectivity index (χ2n) is 10.8. The molecule has 1 amide bonds. The van der Waals surface area contributed by atoms with Crippen LogP contribution >= 0.6 is 11.6 Å². The number of tetrazole rings is 1. The molecule has 0 unspecified atom stereocenters. The zero-order chi connectivity index (χ0) is 29.6. The van der Waals surface area contributed by atoms with Crippen molar-refractivity contribution in [2.75, 3.05) is 11.4 Å². The van der Waals surface area contributed by atoms with E-state index in [4.69, 9.17) is 11.6 Å². The second-order valence-corrected chi connectivity index (χ2v) is 11.3. The molecule has 0 fully saturated rings. The first-order valence-electron chi connectivity index (χ1n) is 13.2. The highest BCUT2D eigenvalue weighted by atomic mass is 35.5. The molecule has 0 bridgehead atoms. The maximum Gasteiger partial charge on any atom is 0.411 e. The molecule has 0 radical (unpaired) electrons. The van der Waals surface area contributed by atoms with Crippen molar-refractivity contribution in [2.45, 2.75) is 38.3 Å². The molecule has 6 rings (SSSR count). The highest BCUT2D eigenvalue weighted by Gasteiger charge is 2.28. The lowest BCUT2D eigenvalue weighted by Crippen LogP contribution is -2.41. The quantitative estimate of drug-likeness (QED) is 0.254. The van der Waals surface area contributed by atoms with Gasteiger partial charge in [0.15, 0.2) is 0 Å². The summed E-state index contributed by atoms with van der Waals surface area (Å²) in [5, 5.41) is 31.7. The molecular weight excluding hydrogens is 560 g/mol. The highest BCUT2D eigenvalue weighted by molar-refractivity contribution is 6.31. The van der Waals surface area contributed by atoms with Crippen LogP contribution in [0.25, 0.3) is 28.1 Å². The third kappa shape index (κ3) is 5.29. The molecule has 3 N–H and O–H groups in total. The van der Waals surface area contributed by atoms with Crippen LogP contribution in [0, 0.1) is 0 Å². The van der Waals surface area contributed by atoms with E-state index in [2.05, 4.69) is 25.5 Å². The molecule has 2 aromatic carbocycles. The van der Waals surface area contributed by atoms with Crippen LogP contribution in [0.3, 0.4) is 0 Å². The average molecular weight is 587 g/mol. The van der Waals surface area contributed by atoms with Crippen molar-refractivity contribution in [3.63, 3.8) is 0 Å². The summed E-state index contributed by atoms with van der Waals surface area (Å²) in [5.74, 6) is 0.661.